The smallest absolute Gasteiger partial charge is 0.185 e. The van der Waals surface area contributed by atoms with Gasteiger partial charge in [-0.3, -0.25) is 0 Å². The van der Waals surface area contributed by atoms with E-state index in [1.54, 1.807) is 0 Å². The normalized spacial score (nSPS) is 24.1. The molecule has 0 aliphatic carbocycles. The molecule has 0 aromatic rings. The van der Waals surface area contributed by atoms with Crippen molar-refractivity contribution >= 4 is 0 Å². The fourth-order valence-corrected chi connectivity index (χ4v) is 1.16. The summed E-state index contributed by atoms with van der Waals surface area (Å²) in [5.74, 6) is -0.444. The maximum atomic E-state index is 5.41. The molecule has 0 unspecified atom stereocenters. The first-order valence-corrected chi connectivity index (χ1v) is 4.12. The second-order valence-electron chi connectivity index (χ2n) is 3.06. The van der Waals surface area contributed by atoms with Crippen LogP contribution in [0.3, 0.4) is 0 Å². The molecule has 1 aliphatic rings. The second-order valence-corrected chi connectivity index (χ2v) is 3.06. The van der Waals surface area contributed by atoms with Crippen LogP contribution in [0.5, 0.6) is 0 Å². The minimum absolute atomic E-state index is 0.444. The molecule has 1 fully saturated rings. The van der Waals surface area contributed by atoms with Crippen LogP contribution < -0.4 is 0 Å². The van der Waals surface area contributed by atoms with Gasteiger partial charge in [-0.1, -0.05) is 12.5 Å². The summed E-state index contributed by atoms with van der Waals surface area (Å²) in [6.07, 6.45) is 3.11. The maximum absolute atomic E-state index is 5.41. The molecule has 0 atom stereocenters. The minimum atomic E-state index is -0.444. The van der Waals surface area contributed by atoms with Gasteiger partial charge in [-0.05, 0) is 26.3 Å². The molecule has 0 aromatic carbocycles. The van der Waals surface area contributed by atoms with Crippen LogP contribution in [0.15, 0.2) is 11.6 Å². The first kappa shape index (κ1) is 8.75. The number of rotatable bonds is 2. The van der Waals surface area contributed by atoms with Gasteiger partial charge >= 0.3 is 0 Å². The summed E-state index contributed by atoms with van der Waals surface area (Å²) >= 11 is 0. The zero-order valence-electron chi connectivity index (χ0n) is 7.52. The van der Waals surface area contributed by atoms with Crippen molar-refractivity contribution in [2.24, 2.45) is 0 Å². The molecule has 0 N–H and O–H groups in total. The van der Waals surface area contributed by atoms with Gasteiger partial charge in [-0.2, -0.15) is 0 Å². The maximum Gasteiger partial charge on any atom is 0.185 e. The Balaban J connectivity index is 2.58. The molecule has 0 amide bonds. The lowest BCUT2D eigenvalue weighted by Gasteiger charge is -2.18. The van der Waals surface area contributed by atoms with Crippen molar-refractivity contribution in [2.75, 3.05) is 13.2 Å². The van der Waals surface area contributed by atoms with Crippen LogP contribution in [-0.2, 0) is 9.47 Å². The number of allylic oxidation sites excluding steroid dienone is 1. The molecule has 64 valence electrons. The molecule has 11 heavy (non-hydrogen) atoms. The molecule has 0 spiro atoms. The fourth-order valence-electron chi connectivity index (χ4n) is 1.16. The topological polar surface area (TPSA) is 18.5 Å². The molecule has 2 nitrogen and oxygen atoms in total. The highest BCUT2D eigenvalue weighted by atomic mass is 16.7. The molecule has 1 heterocycles. The molecule has 0 saturated carbocycles. The van der Waals surface area contributed by atoms with Gasteiger partial charge in [-0.15, -0.1) is 0 Å². The van der Waals surface area contributed by atoms with Crippen molar-refractivity contribution in [1.82, 2.24) is 0 Å². The van der Waals surface area contributed by atoms with Gasteiger partial charge in [0.15, 0.2) is 5.79 Å². The van der Waals surface area contributed by atoms with Gasteiger partial charge in [0, 0.05) is 0 Å². The van der Waals surface area contributed by atoms with E-state index in [0.29, 0.717) is 13.2 Å². The Labute approximate surface area is 68.2 Å². The average molecular weight is 156 g/mol. The third-order valence-corrected chi connectivity index (χ3v) is 1.93. The largest absolute Gasteiger partial charge is 0.344 e. The lowest BCUT2D eigenvalue weighted by atomic mass is 10.1. The van der Waals surface area contributed by atoms with Crippen LogP contribution in [0.4, 0.5) is 0 Å². The summed E-state index contributed by atoms with van der Waals surface area (Å²) in [6.45, 7) is 7.60. The number of hydrogen-bond acceptors (Lipinski definition) is 2. The molecule has 1 saturated heterocycles. The Hall–Kier alpha value is -0.340. The molecule has 1 rings (SSSR count). The summed E-state index contributed by atoms with van der Waals surface area (Å²) < 4.78 is 10.8. The molecular weight excluding hydrogens is 140 g/mol. The van der Waals surface area contributed by atoms with E-state index < -0.39 is 5.79 Å². The summed E-state index contributed by atoms with van der Waals surface area (Å²) in [5.41, 5.74) is 1.31. The van der Waals surface area contributed by atoms with E-state index in [9.17, 15) is 0 Å². The molecule has 0 radical (unpaired) electrons. The highest BCUT2D eigenvalue weighted by molar-refractivity contribution is 5.04. The van der Waals surface area contributed by atoms with Crippen LogP contribution in [0.25, 0.3) is 0 Å². The van der Waals surface area contributed by atoms with Crippen molar-refractivity contribution in [3.8, 4) is 0 Å². The van der Waals surface area contributed by atoms with Crippen molar-refractivity contribution < 1.29 is 9.47 Å². The second kappa shape index (κ2) is 3.37. The van der Waals surface area contributed by atoms with Crippen molar-refractivity contribution in [3.63, 3.8) is 0 Å². The third kappa shape index (κ3) is 2.31. The molecule has 1 aliphatic heterocycles. The van der Waals surface area contributed by atoms with Crippen molar-refractivity contribution in [2.45, 2.75) is 33.0 Å². The standard InChI is InChI=1S/C9H16O2/c1-4-8(2)7-9(3)10-5-6-11-9/h7H,4-6H2,1-3H3/b8-7+. The van der Waals surface area contributed by atoms with E-state index in [-0.39, 0.29) is 0 Å². The zero-order chi connectivity index (χ0) is 8.32. The van der Waals surface area contributed by atoms with E-state index in [2.05, 4.69) is 19.9 Å². The Morgan fingerprint density at radius 3 is 2.45 bits per heavy atom. The van der Waals surface area contributed by atoms with Gasteiger partial charge in [0.25, 0.3) is 0 Å². The third-order valence-electron chi connectivity index (χ3n) is 1.93. The van der Waals surface area contributed by atoms with E-state index in [1.165, 1.54) is 5.57 Å². The van der Waals surface area contributed by atoms with Gasteiger partial charge in [0.05, 0.1) is 13.2 Å². The van der Waals surface area contributed by atoms with Gasteiger partial charge in [-0.25, -0.2) is 0 Å². The SMILES string of the molecule is CC/C(C)=C/C1(C)OCCO1. The molecule has 0 bridgehead atoms. The first-order chi connectivity index (χ1) is 5.16. The first-order valence-electron chi connectivity index (χ1n) is 4.12. The lowest BCUT2D eigenvalue weighted by molar-refractivity contribution is -0.100. The lowest BCUT2D eigenvalue weighted by Crippen LogP contribution is -2.22. The minimum Gasteiger partial charge on any atom is -0.344 e. The summed E-state index contributed by atoms with van der Waals surface area (Å²) in [5, 5.41) is 0. The van der Waals surface area contributed by atoms with Crippen LogP contribution in [0, 0.1) is 0 Å². The predicted molar refractivity (Wildman–Crippen MR) is 44.4 cm³/mol. The quantitative estimate of drug-likeness (QED) is 0.570. The van der Waals surface area contributed by atoms with Gasteiger partial charge in [0.2, 0.25) is 0 Å². The summed E-state index contributed by atoms with van der Waals surface area (Å²) in [6, 6.07) is 0. The van der Waals surface area contributed by atoms with Gasteiger partial charge in [0.1, 0.15) is 0 Å². The Morgan fingerprint density at radius 1 is 1.45 bits per heavy atom. The zero-order valence-corrected chi connectivity index (χ0v) is 7.52. The average Bonchev–Trinajstić information content (AvgIpc) is 2.36. The Bertz CT molecular complexity index is 155. The molecular formula is C9H16O2. The monoisotopic (exact) mass is 156 g/mol. The summed E-state index contributed by atoms with van der Waals surface area (Å²) in [7, 11) is 0. The van der Waals surface area contributed by atoms with E-state index in [4.69, 9.17) is 9.47 Å². The summed E-state index contributed by atoms with van der Waals surface area (Å²) in [4.78, 5) is 0. The Kier molecular flexibility index (Phi) is 2.68. The highest BCUT2D eigenvalue weighted by Crippen LogP contribution is 2.22. The van der Waals surface area contributed by atoms with Crippen LogP contribution in [0.2, 0.25) is 0 Å². The van der Waals surface area contributed by atoms with Crippen molar-refractivity contribution in [1.29, 1.82) is 0 Å². The Morgan fingerprint density at radius 2 is 2.00 bits per heavy atom. The van der Waals surface area contributed by atoms with E-state index in [1.807, 2.05) is 6.92 Å². The predicted octanol–water partition coefficient (Wildman–Crippen LogP) is 2.11. The molecule has 0 aromatic heterocycles. The van der Waals surface area contributed by atoms with E-state index >= 15 is 0 Å². The molecule has 2 heteroatoms. The van der Waals surface area contributed by atoms with Crippen molar-refractivity contribution in [3.05, 3.63) is 11.6 Å². The highest BCUT2D eigenvalue weighted by Gasteiger charge is 2.27. The number of hydrogen-bond donors (Lipinski definition) is 0. The van der Waals surface area contributed by atoms with Crippen LogP contribution >= 0.6 is 0 Å². The number of ether oxygens (including phenoxy) is 2. The van der Waals surface area contributed by atoms with Crippen LogP contribution in [0.1, 0.15) is 27.2 Å². The fraction of sp³-hybridized carbons (Fsp3) is 0.778. The van der Waals surface area contributed by atoms with Crippen LogP contribution in [-0.4, -0.2) is 19.0 Å². The van der Waals surface area contributed by atoms with E-state index in [0.717, 1.165) is 6.42 Å². The van der Waals surface area contributed by atoms with Gasteiger partial charge < -0.3 is 9.47 Å².